The van der Waals surface area contributed by atoms with E-state index in [1.807, 2.05) is 6.92 Å². The summed E-state index contributed by atoms with van der Waals surface area (Å²) in [7, 11) is 0. The summed E-state index contributed by atoms with van der Waals surface area (Å²) in [6.45, 7) is 3.11. The molecule has 1 aliphatic heterocycles. The molecule has 0 amide bonds. The Kier molecular flexibility index (Phi) is 1.94. The van der Waals surface area contributed by atoms with E-state index in [2.05, 4.69) is 21.0 Å². The number of ether oxygens (including phenoxy) is 1. The first-order chi connectivity index (χ1) is 5.70. The van der Waals surface area contributed by atoms with Crippen molar-refractivity contribution in [1.82, 2.24) is 9.78 Å². The molecule has 4 nitrogen and oxygen atoms in total. The lowest BCUT2D eigenvalue weighted by Crippen LogP contribution is -2.21. The van der Waals surface area contributed by atoms with Crippen molar-refractivity contribution in [3.05, 3.63) is 15.9 Å². The van der Waals surface area contributed by atoms with Crippen LogP contribution >= 0.6 is 15.9 Å². The van der Waals surface area contributed by atoms with E-state index in [0.717, 1.165) is 15.9 Å². The molecular weight excluding hydrogens is 224 g/mol. The largest absolute Gasteiger partial charge is 0.363 e. The van der Waals surface area contributed by atoms with E-state index in [9.17, 15) is 5.11 Å². The lowest BCUT2D eigenvalue weighted by molar-refractivity contribution is -0.126. The van der Waals surface area contributed by atoms with E-state index in [-0.39, 0.29) is 0 Å². The first-order valence-electron chi connectivity index (χ1n) is 3.72. The third kappa shape index (κ3) is 1.09. The average Bonchev–Trinajstić information content (AvgIpc) is 2.29. The average molecular weight is 233 g/mol. The van der Waals surface area contributed by atoms with Crippen molar-refractivity contribution in [3.63, 3.8) is 0 Å². The number of nitrogens with zero attached hydrogens (tertiary/aromatic N) is 2. The van der Waals surface area contributed by atoms with Gasteiger partial charge >= 0.3 is 0 Å². The summed E-state index contributed by atoms with van der Waals surface area (Å²) in [4.78, 5) is 0. The molecule has 2 rings (SSSR count). The topological polar surface area (TPSA) is 47.3 Å². The number of fused-ring (bicyclic) bond motifs is 1. The molecule has 12 heavy (non-hydrogen) atoms. The first kappa shape index (κ1) is 8.22. The zero-order valence-corrected chi connectivity index (χ0v) is 8.21. The van der Waals surface area contributed by atoms with Gasteiger partial charge in [-0.25, -0.2) is 0 Å². The van der Waals surface area contributed by atoms with Gasteiger partial charge in [-0.1, -0.05) is 0 Å². The second kappa shape index (κ2) is 2.83. The van der Waals surface area contributed by atoms with Crippen LogP contribution in [-0.4, -0.2) is 21.5 Å². The molecule has 1 aromatic rings. The molecule has 1 aromatic heterocycles. The van der Waals surface area contributed by atoms with Crippen LogP contribution in [0.3, 0.4) is 0 Å². The van der Waals surface area contributed by atoms with Crippen molar-refractivity contribution in [2.45, 2.75) is 19.8 Å². The number of hydrogen-bond donors (Lipinski definition) is 1. The molecule has 0 aliphatic carbocycles. The van der Waals surface area contributed by atoms with Crippen molar-refractivity contribution in [2.75, 3.05) is 6.61 Å². The number of hydrogen-bond acceptors (Lipinski definition) is 3. The second-order valence-corrected chi connectivity index (χ2v) is 3.52. The molecule has 1 N–H and O–H groups in total. The van der Waals surface area contributed by atoms with Crippen molar-refractivity contribution in [3.8, 4) is 0 Å². The monoisotopic (exact) mass is 232 g/mol. The SMILES string of the molecule is Cc1nn2c(c1Br)C(O)OCC2. The Hall–Kier alpha value is -0.390. The van der Waals surface area contributed by atoms with Gasteiger partial charge in [-0.15, -0.1) is 0 Å². The van der Waals surface area contributed by atoms with Gasteiger partial charge in [0.05, 0.1) is 23.3 Å². The van der Waals surface area contributed by atoms with E-state index in [1.165, 1.54) is 0 Å². The highest BCUT2D eigenvalue weighted by atomic mass is 79.9. The van der Waals surface area contributed by atoms with Gasteiger partial charge in [0, 0.05) is 0 Å². The third-order valence-electron chi connectivity index (χ3n) is 1.90. The van der Waals surface area contributed by atoms with Crippen LogP contribution in [0, 0.1) is 6.92 Å². The Morgan fingerprint density at radius 1 is 1.75 bits per heavy atom. The predicted molar refractivity (Wildman–Crippen MR) is 45.6 cm³/mol. The molecule has 0 radical (unpaired) electrons. The summed E-state index contributed by atoms with van der Waals surface area (Å²) < 4.78 is 7.68. The van der Waals surface area contributed by atoms with Crippen LogP contribution in [0.15, 0.2) is 4.47 Å². The molecular formula is C7H9BrN2O2. The minimum Gasteiger partial charge on any atom is -0.363 e. The maximum absolute atomic E-state index is 9.44. The molecule has 1 atom stereocenters. The number of aliphatic hydroxyl groups excluding tert-OH is 1. The number of rotatable bonds is 0. The van der Waals surface area contributed by atoms with Gasteiger partial charge in [-0.2, -0.15) is 5.10 Å². The van der Waals surface area contributed by atoms with Gasteiger partial charge in [0.2, 0.25) is 0 Å². The van der Waals surface area contributed by atoms with Crippen molar-refractivity contribution in [2.24, 2.45) is 0 Å². The first-order valence-corrected chi connectivity index (χ1v) is 4.52. The van der Waals surface area contributed by atoms with Crippen LogP contribution < -0.4 is 0 Å². The highest BCUT2D eigenvalue weighted by molar-refractivity contribution is 9.10. The fourth-order valence-corrected chi connectivity index (χ4v) is 1.79. The van der Waals surface area contributed by atoms with Crippen molar-refractivity contribution >= 4 is 15.9 Å². The zero-order chi connectivity index (χ0) is 8.72. The molecule has 1 unspecified atom stereocenters. The lowest BCUT2D eigenvalue weighted by atomic mass is 10.3. The molecule has 0 bridgehead atoms. The maximum atomic E-state index is 9.44. The van der Waals surface area contributed by atoms with Crippen LogP contribution in [0.2, 0.25) is 0 Å². The van der Waals surface area contributed by atoms with Crippen LogP contribution in [0.25, 0.3) is 0 Å². The summed E-state index contributed by atoms with van der Waals surface area (Å²) in [6, 6.07) is 0. The molecule has 0 aromatic carbocycles. The second-order valence-electron chi connectivity index (χ2n) is 2.73. The number of halogens is 1. The molecule has 5 heteroatoms. The Labute approximate surface area is 78.3 Å². The van der Waals surface area contributed by atoms with Gasteiger partial charge in [-0.05, 0) is 22.9 Å². The van der Waals surface area contributed by atoms with Crippen molar-refractivity contribution < 1.29 is 9.84 Å². The fourth-order valence-electron chi connectivity index (χ4n) is 1.31. The predicted octanol–water partition coefficient (Wildman–Crippen LogP) is 0.975. The number of aryl methyl sites for hydroxylation is 1. The zero-order valence-electron chi connectivity index (χ0n) is 6.62. The number of aliphatic hydroxyl groups is 1. The lowest BCUT2D eigenvalue weighted by Gasteiger charge is -2.19. The summed E-state index contributed by atoms with van der Waals surface area (Å²) in [5, 5.41) is 13.7. The molecule has 0 fully saturated rings. The van der Waals surface area contributed by atoms with E-state index >= 15 is 0 Å². The Balaban J connectivity index is 2.54. The summed E-state index contributed by atoms with van der Waals surface area (Å²) >= 11 is 3.35. The summed E-state index contributed by atoms with van der Waals surface area (Å²) in [6.07, 6.45) is -0.839. The van der Waals surface area contributed by atoms with Gasteiger partial charge in [0.1, 0.15) is 5.69 Å². The molecule has 66 valence electrons. The molecule has 0 spiro atoms. The van der Waals surface area contributed by atoms with E-state index < -0.39 is 6.29 Å². The van der Waals surface area contributed by atoms with E-state index in [1.54, 1.807) is 4.68 Å². The Morgan fingerprint density at radius 3 is 3.17 bits per heavy atom. The van der Waals surface area contributed by atoms with Crippen molar-refractivity contribution in [1.29, 1.82) is 0 Å². The Bertz CT molecular complexity index is 311. The summed E-state index contributed by atoms with van der Waals surface area (Å²) in [5.74, 6) is 0. The van der Waals surface area contributed by atoms with Crippen LogP contribution in [0.1, 0.15) is 17.7 Å². The minimum atomic E-state index is -0.839. The van der Waals surface area contributed by atoms with E-state index in [0.29, 0.717) is 13.2 Å². The van der Waals surface area contributed by atoms with Gasteiger partial charge in [0.15, 0.2) is 6.29 Å². The smallest absolute Gasteiger partial charge is 0.199 e. The van der Waals surface area contributed by atoms with Gasteiger partial charge in [-0.3, -0.25) is 4.68 Å². The van der Waals surface area contributed by atoms with Crippen LogP contribution in [0.5, 0.6) is 0 Å². The van der Waals surface area contributed by atoms with Crippen LogP contribution in [-0.2, 0) is 11.3 Å². The highest BCUT2D eigenvalue weighted by Crippen LogP contribution is 2.29. The molecule has 0 saturated heterocycles. The fraction of sp³-hybridized carbons (Fsp3) is 0.571. The van der Waals surface area contributed by atoms with Gasteiger partial charge < -0.3 is 9.84 Å². The van der Waals surface area contributed by atoms with Gasteiger partial charge in [0.25, 0.3) is 0 Å². The third-order valence-corrected chi connectivity index (χ3v) is 2.88. The summed E-state index contributed by atoms with van der Waals surface area (Å²) in [5.41, 5.74) is 1.60. The standard InChI is InChI=1S/C7H9BrN2O2/c1-4-5(8)6-7(11)12-3-2-10(6)9-4/h7,11H,2-3H2,1H3. The molecule has 2 heterocycles. The minimum absolute atomic E-state index is 0.516. The Morgan fingerprint density at radius 2 is 2.50 bits per heavy atom. The van der Waals surface area contributed by atoms with E-state index in [4.69, 9.17) is 4.74 Å². The molecule has 0 saturated carbocycles. The highest BCUT2D eigenvalue weighted by Gasteiger charge is 2.24. The molecule has 1 aliphatic rings. The number of aromatic nitrogens is 2. The maximum Gasteiger partial charge on any atom is 0.199 e. The quantitative estimate of drug-likeness (QED) is 0.726. The normalized spacial score (nSPS) is 22.4. The van der Waals surface area contributed by atoms with Crippen LogP contribution in [0.4, 0.5) is 0 Å².